The van der Waals surface area contributed by atoms with Gasteiger partial charge in [0.25, 0.3) is 0 Å². The van der Waals surface area contributed by atoms with Crippen molar-refractivity contribution >= 4 is 17.9 Å². The first-order valence-electron chi connectivity index (χ1n) is 7.30. The SMILES string of the molecule is Cc1ncc(OCc2cn(-c3ccc(Cl)cc3)nn2)nc1C.O=C(F)F. The normalized spacial score (nSPS) is 10.0. The molecule has 0 aliphatic rings. The van der Waals surface area contributed by atoms with E-state index >= 15 is 0 Å². The Morgan fingerprint density at radius 3 is 2.46 bits per heavy atom. The molecular formula is C16H14ClF2N5O2. The molecule has 0 aliphatic heterocycles. The van der Waals surface area contributed by atoms with Gasteiger partial charge in [0.2, 0.25) is 5.88 Å². The summed E-state index contributed by atoms with van der Waals surface area (Å²) in [5.74, 6) is 0.476. The predicted octanol–water partition coefficient (Wildman–Crippen LogP) is 3.95. The Kier molecular flexibility index (Phi) is 6.67. The minimum atomic E-state index is -2.83. The molecule has 3 aromatic rings. The Labute approximate surface area is 152 Å². The summed E-state index contributed by atoms with van der Waals surface area (Å²) in [7, 11) is 0. The molecule has 136 valence electrons. The van der Waals surface area contributed by atoms with Gasteiger partial charge < -0.3 is 4.74 Å². The van der Waals surface area contributed by atoms with Crippen molar-refractivity contribution in [3.05, 3.63) is 58.8 Å². The van der Waals surface area contributed by atoms with Crippen molar-refractivity contribution in [2.45, 2.75) is 20.5 Å². The highest BCUT2D eigenvalue weighted by Gasteiger charge is 2.06. The van der Waals surface area contributed by atoms with Crippen molar-refractivity contribution in [1.29, 1.82) is 0 Å². The molecule has 0 fully saturated rings. The van der Waals surface area contributed by atoms with Gasteiger partial charge in [0, 0.05) is 5.02 Å². The van der Waals surface area contributed by atoms with Crippen LogP contribution in [0.25, 0.3) is 5.69 Å². The summed E-state index contributed by atoms with van der Waals surface area (Å²) in [5.41, 5.74) is 3.33. The lowest BCUT2D eigenvalue weighted by atomic mass is 10.3. The molecule has 10 heteroatoms. The topological polar surface area (TPSA) is 82.8 Å². The molecular weight excluding hydrogens is 368 g/mol. The molecule has 3 rings (SSSR count). The number of ether oxygens (including phenoxy) is 1. The minimum absolute atomic E-state index is 0.283. The maximum absolute atomic E-state index is 9.69. The van der Waals surface area contributed by atoms with Crippen LogP contribution in [-0.4, -0.2) is 31.3 Å². The van der Waals surface area contributed by atoms with Gasteiger partial charge in [0.1, 0.15) is 12.3 Å². The Hall–Kier alpha value is -2.94. The number of rotatable bonds is 4. The Bertz CT molecular complexity index is 883. The van der Waals surface area contributed by atoms with Crippen LogP contribution in [0.3, 0.4) is 0 Å². The van der Waals surface area contributed by atoms with Crippen molar-refractivity contribution in [3.63, 3.8) is 0 Å². The average molecular weight is 382 g/mol. The lowest BCUT2D eigenvalue weighted by molar-refractivity contribution is 0.199. The summed E-state index contributed by atoms with van der Waals surface area (Å²) in [5, 5.41) is 8.83. The van der Waals surface area contributed by atoms with Crippen molar-refractivity contribution in [3.8, 4) is 11.6 Å². The highest BCUT2D eigenvalue weighted by molar-refractivity contribution is 6.30. The molecule has 0 aliphatic carbocycles. The average Bonchev–Trinajstić information content (AvgIpc) is 3.05. The number of carbonyl (C=O) groups excluding carboxylic acids is 1. The van der Waals surface area contributed by atoms with Gasteiger partial charge in [0.05, 0.1) is 29.5 Å². The van der Waals surface area contributed by atoms with Crippen LogP contribution in [0.1, 0.15) is 17.1 Å². The number of nitrogens with zero attached hydrogens (tertiary/aromatic N) is 5. The van der Waals surface area contributed by atoms with Gasteiger partial charge in [0.15, 0.2) is 0 Å². The van der Waals surface area contributed by atoms with E-state index < -0.39 is 6.29 Å². The Morgan fingerprint density at radius 2 is 1.85 bits per heavy atom. The second kappa shape index (κ2) is 8.95. The quantitative estimate of drug-likeness (QED) is 0.636. The molecule has 0 N–H and O–H groups in total. The zero-order valence-electron chi connectivity index (χ0n) is 13.9. The summed E-state index contributed by atoms with van der Waals surface area (Å²) >= 11 is 5.87. The van der Waals surface area contributed by atoms with Crippen molar-refractivity contribution in [1.82, 2.24) is 25.0 Å². The minimum Gasteiger partial charge on any atom is -0.470 e. The van der Waals surface area contributed by atoms with E-state index in [0.717, 1.165) is 17.1 Å². The van der Waals surface area contributed by atoms with Gasteiger partial charge in [-0.2, -0.15) is 0 Å². The van der Waals surface area contributed by atoms with Gasteiger partial charge in [-0.3, -0.25) is 4.98 Å². The lowest BCUT2D eigenvalue weighted by Gasteiger charge is -2.04. The van der Waals surface area contributed by atoms with Crippen LogP contribution < -0.4 is 4.74 Å². The number of aryl methyl sites for hydroxylation is 2. The molecule has 0 radical (unpaired) electrons. The number of carbonyl (C=O) groups is 1. The van der Waals surface area contributed by atoms with E-state index in [9.17, 15) is 8.78 Å². The summed E-state index contributed by atoms with van der Waals surface area (Å²) in [6.45, 7) is 4.08. The standard InChI is InChI=1S/C15H14ClN5O.CF2O/c1-10-11(2)18-15(7-17-10)22-9-13-8-21(20-19-13)14-5-3-12(16)4-6-14;2-1(3)4/h3-8H,9H2,1-2H3;. The predicted molar refractivity (Wildman–Crippen MR) is 89.8 cm³/mol. The molecule has 0 atom stereocenters. The maximum atomic E-state index is 9.69. The molecule has 26 heavy (non-hydrogen) atoms. The number of aromatic nitrogens is 5. The highest BCUT2D eigenvalue weighted by Crippen LogP contribution is 2.14. The van der Waals surface area contributed by atoms with E-state index in [1.807, 2.05) is 26.0 Å². The van der Waals surface area contributed by atoms with E-state index in [2.05, 4.69) is 20.3 Å². The molecule has 0 bridgehead atoms. The van der Waals surface area contributed by atoms with Crippen LogP contribution in [0.15, 0.2) is 36.7 Å². The highest BCUT2D eigenvalue weighted by atomic mass is 35.5. The zero-order valence-corrected chi connectivity index (χ0v) is 14.6. The molecule has 0 unspecified atom stereocenters. The first-order valence-corrected chi connectivity index (χ1v) is 7.68. The summed E-state index contributed by atoms with van der Waals surface area (Å²) < 4.78 is 26.6. The third kappa shape index (κ3) is 5.85. The van der Waals surface area contributed by atoms with Crippen LogP contribution in [0, 0.1) is 13.8 Å². The molecule has 0 spiro atoms. The smallest absolute Gasteiger partial charge is 0.470 e. The van der Waals surface area contributed by atoms with E-state index in [-0.39, 0.29) is 6.61 Å². The molecule has 2 aromatic heterocycles. The van der Waals surface area contributed by atoms with E-state index in [1.54, 1.807) is 29.2 Å². The fourth-order valence-electron chi connectivity index (χ4n) is 1.82. The number of halogens is 3. The molecule has 2 heterocycles. The van der Waals surface area contributed by atoms with Gasteiger partial charge in [-0.15, -0.1) is 13.9 Å². The zero-order chi connectivity index (χ0) is 19.1. The molecule has 0 amide bonds. The van der Waals surface area contributed by atoms with Crippen LogP contribution >= 0.6 is 11.6 Å². The fourth-order valence-corrected chi connectivity index (χ4v) is 1.95. The van der Waals surface area contributed by atoms with Crippen molar-refractivity contribution in [2.75, 3.05) is 0 Å². The lowest BCUT2D eigenvalue weighted by Crippen LogP contribution is -2.00. The maximum Gasteiger partial charge on any atom is 0.483 e. The summed E-state index contributed by atoms with van der Waals surface area (Å²) in [6.07, 6.45) is 0.573. The van der Waals surface area contributed by atoms with Crippen LogP contribution in [0.5, 0.6) is 5.88 Å². The third-order valence-electron chi connectivity index (χ3n) is 3.17. The monoisotopic (exact) mass is 381 g/mol. The first kappa shape index (κ1) is 19.4. The second-order valence-corrected chi connectivity index (χ2v) is 5.46. The van der Waals surface area contributed by atoms with E-state index in [4.69, 9.17) is 21.1 Å². The van der Waals surface area contributed by atoms with Gasteiger partial charge in [-0.1, -0.05) is 16.8 Å². The van der Waals surface area contributed by atoms with Crippen molar-refractivity contribution < 1.29 is 18.3 Å². The van der Waals surface area contributed by atoms with Gasteiger partial charge in [-0.05, 0) is 38.1 Å². The molecule has 7 nitrogen and oxygen atoms in total. The number of hydrogen-bond donors (Lipinski definition) is 0. The largest absolute Gasteiger partial charge is 0.483 e. The summed E-state index contributed by atoms with van der Waals surface area (Å²) in [4.78, 5) is 16.6. The van der Waals surface area contributed by atoms with Crippen LogP contribution in [0.4, 0.5) is 13.6 Å². The number of benzene rings is 1. The van der Waals surface area contributed by atoms with Crippen LogP contribution in [-0.2, 0) is 6.61 Å². The summed E-state index contributed by atoms with van der Waals surface area (Å²) in [6, 6.07) is 7.35. The van der Waals surface area contributed by atoms with Gasteiger partial charge in [-0.25, -0.2) is 14.5 Å². The third-order valence-corrected chi connectivity index (χ3v) is 3.42. The van der Waals surface area contributed by atoms with Crippen LogP contribution in [0.2, 0.25) is 5.02 Å². The van der Waals surface area contributed by atoms with E-state index in [1.165, 1.54) is 0 Å². The Morgan fingerprint density at radius 1 is 1.19 bits per heavy atom. The Balaban J connectivity index is 0.000000552. The fraction of sp³-hybridized carbons (Fsp3) is 0.188. The van der Waals surface area contributed by atoms with Crippen molar-refractivity contribution in [2.24, 2.45) is 0 Å². The van der Waals surface area contributed by atoms with E-state index in [0.29, 0.717) is 16.6 Å². The second-order valence-electron chi connectivity index (χ2n) is 5.02. The number of hydrogen-bond acceptors (Lipinski definition) is 6. The molecule has 0 saturated carbocycles. The van der Waals surface area contributed by atoms with Gasteiger partial charge >= 0.3 is 6.29 Å². The molecule has 0 saturated heterocycles. The first-order chi connectivity index (χ1) is 12.3. The molecule has 1 aromatic carbocycles.